The van der Waals surface area contributed by atoms with Crippen molar-refractivity contribution in [2.45, 2.75) is 52.4 Å². The van der Waals surface area contributed by atoms with Crippen LogP contribution in [-0.2, 0) is 44.7 Å². The van der Waals surface area contributed by atoms with E-state index < -0.39 is 35.2 Å². The third-order valence-electron chi connectivity index (χ3n) is 4.48. The quantitative estimate of drug-likeness (QED) is 0.293. The van der Waals surface area contributed by atoms with Crippen LogP contribution >= 0.6 is 0 Å². The van der Waals surface area contributed by atoms with Gasteiger partial charge in [0.05, 0.1) is 13.2 Å². The van der Waals surface area contributed by atoms with Gasteiger partial charge in [0.2, 0.25) is 5.60 Å². The van der Waals surface area contributed by atoms with E-state index in [1.54, 1.807) is 25.7 Å². The Morgan fingerprint density at radius 1 is 0.861 bits per heavy atom. The SMILES string of the molecule is COCCN(CCOC(=O)CNC(=O)OCc1ccccc1)CC(=O)OC(C)(C)C(=O)OC(C)(C)C. The Morgan fingerprint density at radius 2 is 1.50 bits per heavy atom. The highest BCUT2D eigenvalue weighted by molar-refractivity contribution is 5.83. The maximum absolute atomic E-state index is 12.5. The van der Waals surface area contributed by atoms with Crippen molar-refractivity contribution in [3.8, 4) is 0 Å². The van der Waals surface area contributed by atoms with Gasteiger partial charge in [-0.1, -0.05) is 30.3 Å². The normalized spacial score (nSPS) is 11.5. The number of hydrogen-bond donors (Lipinski definition) is 1. The van der Waals surface area contributed by atoms with E-state index in [1.807, 2.05) is 30.3 Å². The second-order valence-electron chi connectivity index (χ2n) is 9.39. The van der Waals surface area contributed by atoms with E-state index in [1.165, 1.54) is 21.0 Å². The highest BCUT2D eigenvalue weighted by Crippen LogP contribution is 2.17. The first-order valence-electron chi connectivity index (χ1n) is 11.6. The number of methoxy groups -OCH3 is 1. The van der Waals surface area contributed by atoms with Crippen LogP contribution in [0.1, 0.15) is 40.2 Å². The average Bonchev–Trinajstić information content (AvgIpc) is 2.78. The fourth-order valence-corrected chi connectivity index (χ4v) is 2.69. The van der Waals surface area contributed by atoms with Crippen LogP contribution in [0, 0.1) is 0 Å². The Labute approximate surface area is 212 Å². The molecule has 0 aliphatic carbocycles. The predicted octanol–water partition coefficient (Wildman–Crippen LogP) is 2.07. The molecule has 0 spiro atoms. The molecule has 0 fully saturated rings. The molecule has 1 rings (SSSR count). The van der Waals surface area contributed by atoms with Gasteiger partial charge in [-0.25, -0.2) is 9.59 Å². The Balaban J connectivity index is 2.42. The molecule has 0 saturated heterocycles. The van der Waals surface area contributed by atoms with E-state index in [0.717, 1.165) is 5.56 Å². The van der Waals surface area contributed by atoms with Crippen LogP contribution in [0.5, 0.6) is 0 Å². The zero-order valence-electron chi connectivity index (χ0n) is 22.0. The topological polar surface area (TPSA) is 130 Å². The van der Waals surface area contributed by atoms with Crippen molar-refractivity contribution < 1.29 is 42.9 Å². The van der Waals surface area contributed by atoms with Gasteiger partial charge < -0.3 is 29.0 Å². The summed E-state index contributed by atoms with van der Waals surface area (Å²) < 4.78 is 25.8. The van der Waals surface area contributed by atoms with E-state index in [9.17, 15) is 19.2 Å². The van der Waals surface area contributed by atoms with Gasteiger partial charge in [-0.15, -0.1) is 0 Å². The van der Waals surface area contributed by atoms with Crippen LogP contribution in [0.2, 0.25) is 0 Å². The molecule has 1 N–H and O–H groups in total. The molecule has 0 heterocycles. The van der Waals surface area contributed by atoms with Gasteiger partial charge in [-0.05, 0) is 40.2 Å². The predicted molar refractivity (Wildman–Crippen MR) is 130 cm³/mol. The number of alkyl carbamates (subject to hydrolysis) is 1. The van der Waals surface area contributed by atoms with Gasteiger partial charge in [0, 0.05) is 20.2 Å². The van der Waals surface area contributed by atoms with Gasteiger partial charge in [-0.3, -0.25) is 14.5 Å². The van der Waals surface area contributed by atoms with Crippen molar-refractivity contribution in [1.82, 2.24) is 10.2 Å². The summed E-state index contributed by atoms with van der Waals surface area (Å²) in [6.07, 6.45) is -0.743. The summed E-state index contributed by atoms with van der Waals surface area (Å²) in [6.45, 7) is 8.49. The number of hydrogen-bond acceptors (Lipinski definition) is 10. The second-order valence-corrected chi connectivity index (χ2v) is 9.39. The Morgan fingerprint density at radius 3 is 2.11 bits per heavy atom. The van der Waals surface area contributed by atoms with Crippen molar-refractivity contribution in [3.63, 3.8) is 0 Å². The fraction of sp³-hybridized carbons (Fsp3) is 0.600. The van der Waals surface area contributed by atoms with Crippen LogP contribution in [-0.4, -0.2) is 86.6 Å². The Kier molecular flexibility index (Phi) is 12.9. The molecule has 1 aromatic carbocycles. The minimum Gasteiger partial charge on any atom is -0.463 e. The number of nitrogens with zero attached hydrogens (tertiary/aromatic N) is 1. The van der Waals surface area contributed by atoms with Crippen LogP contribution < -0.4 is 5.32 Å². The van der Waals surface area contributed by atoms with Crippen molar-refractivity contribution in [2.75, 3.05) is 46.5 Å². The highest BCUT2D eigenvalue weighted by atomic mass is 16.6. The number of carbonyl (C=O) groups is 4. The summed E-state index contributed by atoms with van der Waals surface area (Å²) >= 11 is 0. The molecule has 1 amide bonds. The largest absolute Gasteiger partial charge is 0.463 e. The zero-order chi connectivity index (χ0) is 27.2. The first kappa shape index (κ1) is 30.9. The molecule has 0 aromatic heterocycles. The van der Waals surface area contributed by atoms with Crippen molar-refractivity contribution >= 4 is 24.0 Å². The average molecular weight is 511 g/mol. The third kappa shape index (κ3) is 13.6. The molecule has 0 radical (unpaired) electrons. The summed E-state index contributed by atoms with van der Waals surface area (Å²) in [5, 5.41) is 2.32. The molecule has 202 valence electrons. The molecule has 11 heteroatoms. The Bertz CT molecular complexity index is 851. The van der Waals surface area contributed by atoms with Gasteiger partial charge in [0.15, 0.2) is 0 Å². The lowest BCUT2D eigenvalue weighted by molar-refractivity contribution is -0.187. The molecule has 0 aliphatic rings. The highest BCUT2D eigenvalue weighted by Gasteiger charge is 2.36. The molecular formula is C25H38N2O9. The number of carbonyl (C=O) groups excluding carboxylic acids is 4. The lowest BCUT2D eigenvalue weighted by atomic mass is 10.1. The second kappa shape index (κ2) is 15.0. The van der Waals surface area contributed by atoms with E-state index in [0.29, 0.717) is 13.2 Å². The van der Waals surface area contributed by atoms with Crippen molar-refractivity contribution in [2.24, 2.45) is 0 Å². The van der Waals surface area contributed by atoms with Gasteiger partial charge >= 0.3 is 24.0 Å². The number of rotatable bonds is 14. The fourth-order valence-electron chi connectivity index (χ4n) is 2.69. The minimum absolute atomic E-state index is 0.0357. The van der Waals surface area contributed by atoms with E-state index in [4.69, 9.17) is 23.7 Å². The summed E-state index contributed by atoms with van der Waals surface area (Å²) in [7, 11) is 1.52. The molecule has 0 atom stereocenters. The maximum atomic E-state index is 12.5. The van der Waals surface area contributed by atoms with E-state index >= 15 is 0 Å². The van der Waals surface area contributed by atoms with Crippen LogP contribution in [0.4, 0.5) is 4.79 Å². The van der Waals surface area contributed by atoms with Crippen LogP contribution in [0.3, 0.4) is 0 Å². The molecule has 1 aromatic rings. The zero-order valence-corrected chi connectivity index (χ0v) is 22.0. The number of nitrogens with one attached hydrogen (secondary N) is 1. The van der Waals surface area contributed by atoms with E-state index in [-0.39, 0.29) is 32.8 Å². The van der Waals surface area contributed by atoms with E-state index in [2.05, 4.69) is 5.32 Å². The summed E-state index contributed by atoms with van der Waals surface area (Å²) in [5.41, 5.74) is -1.37. The number of amides is 1. The lowest BCUT2D eigenvalue weighted by Crippen LogP contribution is -2.45. The van der Waals surface area contributed by atoms with Gasteiger partial charge in [0.1, 0.15) is 25.4 Å². The summed E-state index contributed by atoms with van der Waals surface area (Å²) in [6, 6.07) is 9.12. The first-order chi connectivity index (χ1) is 16.8. The molecule has 0 saturated carbocycles. The molecule has 0 bridgehead atoms. The molecule has 0 unspecified atom stereocenters. The number of esters is 3. The van der Waals surface area contributed by atoms with Gasteiger partial charge in [-0.2, -0.15) is 0 Å². The lowest BCUT2D eigenvalue weighted by Gasteiger charge is -2.29. The molecular weight excluding hydrogens is 472 g/mol. The van der Waals surface area contributed by atoms with Crippen molar-refractivity contribution in [1.29, 1.82) is 0 Å². The smallest absolute Gasteiger partial charge is 0.407 e. The maximum Gasteiger partial charge on any atom is 0.407 e. The standard InChI is InChI=1S/C25H38N2O9/c1-24(2,3)36-22(30)25(4,5)35-21(29)17-27(12-14-32-6)13-15-33-20(28)16-26-23(31)34-18-19-10-8-7-9-11-19/h7-11H,12-18H2,1-6H3,(H,26,31). The summed E-state index contributed by atoms with van der Waals surface area (Å²) in [4.78, 5) is 50.1. The minimum atomic E-state index is -1.47. The van der Waals surface area contributed by atoms with Crippen LogP contribution in [0.25, 0.3) is 0 Å². The number of benzene rings is 1. The monoisotopic (exact) mass is 510 g/mol. The molecule has 36 heavy (non-hydrogen) atoms. The molecule has 0 aliphatic heterocycles. The van der Waals surface area contributed by atoms with Gasteiger partial charge in [0.25, 0.3) is 0 Å². The first-order valence-corrected chi connectivity index (χ1v) is 11.6. The van der Waals surface area contributed by atoms with Crippen molar-refractivity contribution in [3.05, 3.63) is 35.9 Å². The van der Waals surface area contributed by atoms with Crippen LogP contribution in [0.15, 0.2) is 30.3 Å². The summed E-state index contributed by atoms with van der Waals surface area (Å²) in [5.74, 6) is -1.96. The third-order valence-corrected chi connectivity index (χ3v) is 4.48. The number of ether oxygens (including phenoxy) is 5. The molecule has 11 nitrogen and oxygen atoms in total. The Hall–Kier alpha value is -3.18.